The van der Waals surface area contributed by atoms with Gasteiger partial charge in [-0.05, 0) is 61.7 Å². The van der Waals surface area contributed by atoms with Gasteiger partial charge in [-0.1, -0.05) is 37.6 Å². The van der Waals surface area contributed by atoms with Crippen molar-refractivity contribution in [2.75, 3.05) is 0 Å². The molecule has 4 aliphatic rings. The predicted octanol–water partition coefficient (Wildman–Crippen LogP) is 3.41. The maximum Gasteiger partial charge on any atom is 0.0724 e. The molecule has 2 heteroatoms. The van der Waals surface area contributed by atoms with Gasteiger partial charge in [0.2, 0.25) is 0 Å². The molecule has 4 aliphatic carbocycles. The van der Waals surface area contributed by atoms with Gasteiger partial charge in [-0.15, -0.1) is 0 Å². The molecule has 0 aromatic heterocycles. The standard InChI is InChI=1S/C19H29NO/c1-18-9-7-13(21)11-12(18)3-4-14-15-5-6-17(20)19(15,2)10-8-16(14)18/h7-9,12-15,17,21H,3-6,10-11,20H2,1-2H3/t12?,13?,14-,15-,17?,18-,19-/m0/s1. The molecule has 2 fully saturated rings. The van der Waals surface area contributed by atoms with E-state index in [2.05, 4.69) is 26.0 Å². The number of aliphatic hydroxyl groups excluding tert-OH is 1. The van der Waals surface area contributed by atoms with Crippen LogP contribution in [-0.4, -0.2) is 17.3 Å². The van der Waals surface area contributed by atoms with Gasteiger partial charge in [0.05, 0.1) is 6.10 Å². The van der Waals surface area contributed by atoms with Crippen LogP contribution in [0.4, 0.5) is 0 Å². The lowest BCUT2D eigenvalue weighted by Crippen LogP contribution is -2.49. The van der Waals surface area contributed by atoms with E-state index >= 15 is 0 Å². The van der Waals surface area contributed by atoms with Crippen LogP contribution in [0, 0.1) is 28.6 Å². The lowest BCUT2D eigenvalue weighted by molar-refractivity contribution is 0.0556. The second kappa shape index (κ2) is 4.45. The van der Waals surface area contributed by atoms with Crippen LogP contribution in [0.1, 0.15) is 52.4 Å². The molecule has 0 amide bonds. The molecule has 0 aromatic carbocycles. The minimum absolute atomic E-state index is 0.191. The highest BCUT2D eigenvalue weighted by Gasteiger charge is 2.55. The Morgan fingerprint density at radius 2 is 2.00 bits per heavy atom. The van der Waals surface area contributed by atoms with Crippen molar-refractivity contribution in [1.82, 2.24) is 0 Å². The quantitative estimate of drug-likeness (QED) is 0.671. The number of hydrogen-bond acceptors (Lipinski definition) is 2. The molecule has 0 aromatic rings. The van der Waals surface area contributed by atoms with Crippen molar-refractivity contribution in [3.63, 3.8) is 0 Å². The Balaban J connectivity index is 1.74. The summed E-state index contributed by atoms with van der Waals surface area (Å²) in [6, 6.07) is 0.384. The van der Waals surface area contributed by atoms with Gasteiger partial charge in [-0.2, -0.15) is 0 Å². The summed E-state index contributed by atoms with van der Waals surface area (Å²) in [6.45, 7) is 4.84. The third-order valence-corrected chi connectivity index (χ3v) is 7.62. The van der Waals surface area contributed by atoms with E-state index in [1.165, 1.54) is 25.7 Å². The average Bonchev–Trinajstić information content (AvgIpc) is 2.76. The Bertz CT molecular complexity index is 510. The Kier molecular flexibility index (Phi) is 2.97. The summed E-state index contributed by atoms with van der Waals surface area (Å²) < 4.78 is 0. The normalized spacial score (nSPS) is 55.4. The van der Waals surface area contributed by atoms with Gasteiger partial charge < -0.3 is 10.8 Å². The lowest BCUT2D eigenvalue weighted by atomic mass is 9.50. The van der Waals surface area contributed by atoms with Crippen LogP contribution in [0.2, 0.25) is 0 Å². The lowest BCUT2D eigenvalue weighted by Gasteiger charge is -2.54. The molecular weight excluding hydrogens is 258 g/mol. The molecule has 0 heterocycles. The maximum absolute atomic E-state index is 9.96. The summed E-state index contributed by atoms with van der Waals surface area (Å²) in [6.07, 6.45) is 13.9. The first-order valence-electron chi connectivity index (χ1n) is 8.78. The highest BCUT2D eigenvalue weighted by atomic mass is 16.3. The van der Waals surface area contributed by atoms with Gasteiger partial charge in [0.25, 0.3) is 0 Å². The largest absolute Gasteiger partial charge is 0.389 e. The average molecular weight is 287 g/mol. The van der Waals surface area contributed by atoms with Crippen LogP contribution in [0.25, 0.3) is 0 Å². The van der Waals surface area contributed by atoms with E-state index in [-0.39, 0.29) is 11.5 Å². The zero-order valence-corrected chi connectivity index (χ0v) is 13.4. The van der Waals surface area contributed by atoms with E-state index in [0.29, 0.717) is 17.4 Å². The molecule has 0 radical (unpaired) electrons. The van der Waals surface area contributed by atoms with Gasteiger partial charge in [0.1, 0.15) is 0 Å². The zero-order chi connectivity index (χ0) is 14.8. The summed E-state index contributed by atoms with van der Waals surface area (Å²) in [7, 11) is 0. The molecule has 0 saturated heterocycles. The van der Waals surface area contributed by atoms with Crippen LogP contribution in [0.5, 0.6) is 0 Å². The number of nitrogens with two attached hydrogens (primary N) is 1. The first kappa shape index (κ1) is 14.0. The second-order valence-corrected chi connectivity index (χ2v) is 8.49. The molecule has 2 saturated carbocycles. The fourth-order valence-electron chi connectivity index (χ4n) is 6.12. The van der Waals surface area contributed by atoms with E-state index in [4.69, 9.17) is 5.73 Å². The fourth-order valence-corrected chi connectivity index (χ4v) is 6.12. The van der Waals surface area contributed by atoms with E-state index in [1.54, 1.807) is 5.57 Å². The molecule has 0 spiro atoms. The third-order valence-electron chi connectivity index (χ3n) is 7.62. The van der Waals surface area contributed by atoms with E-state index in [1.807, 2.05) is 6.08 Å². The zero-order valence-electron chi connectivity index (χ0n) is 13.4. The molecule has 0 bridgehead atoms. The van der Waals surface area contributed by atoms with Gasteiger partial charge in [-0.3, -0.25) is 0 Å². The van der Waals surface area contributed by atoms with Gasteiger partial charge >= 0.3 is 0 Å². The molecule has 3 unspecified atom stereocenters. The topological polar surface area (TPSA) is 46.2 Å². The maximum atomic E-state index is 9.96. The van der Waals surface area contributed by atoms with Crippen molar-refractivity contribution in [2.24, 2.45) is 34.3 Å². The van der Waals surface area contributed by atoms with Gasteiger partial charge in [-0.25, -0.2) is 0 Å². The molecule has 0 aliphatic heterocycles. The highest BCUT2D eigenvalue weighted by molar-refractivity contribution is 5.34. The van der Waals surface area contributed by atoms with Crippen LogP contribution < -0.4 is 5.73 Å². The Labute approximate surface area is 128 Å². The molecule has 116 valence electrons. The molecule has 4 rings (SSSR count). The summed E-state index contributed by atoms with van der Waals surface area (Å²) in [4.78, 5) is 0. The number of fused-ring (bicyclic) bond motifs is 5. The monoisotopic (exact) mass is 287 g/mol. The van der Waals surface area contributed by atoms with Crippen molar-refractivity contribution in [2.45, 2.75) is 64.5 Å². The number of rotatable bonds is 0. The summed E-state index contributed by atoms with van der Waals surface area (Å²) in [5.74, 6) is 2.14. The van der Waals surface area contributed by atoms with E-state index in [9.17, 15) is 5.11 Å². The SMILES string of the molecule is C[C@]12C=CC(O)CC1CC[C@@H]1C2=CC[C@]2(C)C(N)CC[C@@H]12. The first-order valence-corrected chi connectivity index (χ1v) is 8.78. The van der Waals surface area contributed by atoms with Crippen molar-refractivity contribution in [3.05, 3.63) is 23.8 Å². The fraction of sp³-hybridized carbons (Fsp3) is 0.789. The van der Waals surface area contributed by atoms with Crippen LogP contribution >= 0.6 is 0 Å². The minimum Gasteiger partial charge on any atom is -0.389 e. The Hall–Kier alpha value is -0.600. The van der Waals surface area contributed by atoms with Crippen LogP contribution in [0.15, 0.2) is 23.8 Å². The molecule has 21 heavy (non-hydrogen) atoms. The van der Waals surface area contributed by atoms with Crippen molar-refractivity contribution in [3.8, 4) is 0 Å². The van der Waals surface area contributed by atoms with Crippen molar-refractivity contribution in [1.29, 1.82) is 0 Å². The Morgan fingerprint density at radius 1 is 1.19 bits per heavy atom. The van der Waals surface area contributed by atoms with Crippen molar-refractivity contribution >= 4 is 0 Å². The van der Waals surface area contributed by atoms with Crippen LogP contribution in [-0.2, 0) is 0 Å². The third kappa shape index (κ3) is 1.78. The minimum atomic E-state index is -0.228. The van der Waals surface area contributed by atoms with Crippen LogP contribution in [0.3, 0.4) is 0 Å². The predicted molar refractivity (Wildman–Crippen MR) is 85.6 cm³/mol. The molecule has 3 N–H and O–H groups in total. The van der Waals surface area contributed by atoms with E-state index in [0.717, 1.165) is 24.7 Å². The number of hydrogen-bond donors (Lipinski definition) is 2. The molecule has 2 nitrogen and oxygen atoms in total. The Morgan fingerprint density at radius 3 is 2.81 bits per heavy atom. The second-order valence-electron chi connectivity index (χ2n) is 8.49. The van der Waals surface area contributed by atoms with Gasteiger partial charge in [0, 0.05) is 11.5 Å². The van der Waals surface area contributed by atoms with E-state index < -0.39 is 0 Å². The van der Waals surface area contributed by atoms with Crippen molar-refractivity contribution < 1.29 is 5.11 Å². The summed E-state index contributed by atoms with van der Waals surface area (Å²) in [5.41, 5.74) is 8.65. The molecular formula is C19H29NO. The molecule has 7 atom stereocenters. The highest BCUT2D eigenvalue weighted by Crippen LogP contribution is 2.62. The summed E-state index contributed by atoms with van der Waals surface area (Å²) in [5, 5.41) is 9.96. The smallest absolute Gasteiger partial charge is 0.0724 e. The van der Waals surface area contributed by atoms with Gasteiger partial charge in [0.15, 0.2) is 0 Å². The number of allylic oxidation sites excluding steroid dienone is 3. The number of aliphatic hydroxyl groups is 1. The summed E-state index contributed by atoms with van der Waals surface area (Å²) >= 11 is 0. The first-order chi connectivity index (χ1) is 9.95.